The van der Waals surface area contributed by atoms with Gasteiger partial charge in [0.15, 0.2) is 11.5 Å². The van der Waals surface area contributed by atoms with Gasteiger partial charge in [0.05, 0.1) is 19.3 Å². The molecule has 1 aliphatic rings. The molecule has 0 unspecified atom stereocenters. The first kappa shape index (κ1) is 14.1. The van der Waals surface area contributed by atoms with E-state index in [4.69, 9.17) is 9.47 Å². The van der Waals surface area contributed by atoms with E-state index >= 15 is 0 Å². The van der Waals surface area contributed by atoms with Gasteiger partial charge in [-0.1, -0.05) is 22.0 Å². The SMILES string of the molecule is COc1ccc(CN2CCOc3ccc(Br)cc32)cc1O. The summed E-state index contributed by atoms with van der Waals surface area (Å²) in [5.41, 5.74) is 2.09. The van der Waals surface area contributed by atoms with Crippen molar-refractivity contribution in [2.75, 3.05) is 25.2 Å². The molecule has 0 radical (unpaired) electrons. The summed E-state index contributed by atoms with van der Waals surface area (Å²) in [5.74, 6) is 1.55. The molecule has 1 N–H and O–H groups in total. The molecule has 2 aromatic rings. The van der Waals surface area contributed by atoms with Gasteiger partial charge in [0.2, 0.25) is 0 Å². The first-order valence-electron chi connectivity index (χ1n) is 6.70. The average molecular weight is 350 g/mol. The van der Waals surface area contributed by atoms with Crippen LogP contribution in [0.2, 0.25) is 0 Å². The van der Waals surface area contributed by atoms with E-state index in [0.29, 0.717) is 18.9 Å². The topological polar surface area (TPSA) is 41.9 Å². The van der Waals surface area contributed by atoms with Gasteiger partial charge in [0.25, 0.3) is 0 Å². The van der Waals surface area contributed by atoms with E-state index in [-0.39, 0.29) is 5.75 Å². The molecule has 0 aliphatic carbocycles. The van der Waals surface area contributed by atoms with Crippen LogP contribution < -0.4 is 14.4 Å². The second-order valence-corrected chi connectivity index (χ2v) is 5.80. The van der Waals surface area contributed by atoms with Gasteiger partial charge in [-0.25, -0.2) is 0 Å². The lowest BCUT2D eigenvalue weighted by molar-refractivity contribution is 0.307. The molecule has 0 spiro atoms. The number of methoxy groups -OCH3 is 1. The highest BCUT2D eigenvalue weighted by Crippen LogP contribution is 2.35. The Morgan fingerprint density at radius 3 is 2.90 bits per heavy atom. The minimum absolute atomic E-state index is 0.165. The number of benzene rings is 2. The van der Waals surface area contributed by atoms with E-state index in [2.05, 4.69) is 26.9 Å². The number of hydrogen-bond acceptors (Lipinski definition) is 4. The van der Waals surface area contributed by atoms with Crippen LogP contribution in [0.3, 0.4) is 0 Å². The van der Waals surface area contributed by atoms with E-state index in [0.717, 1.165) is 28.0 Å². The van der Waals surface area contributed by atoms with Crippen LogP contribution in [-0.4, -0.2) is 25.4 Å². The Labute approximate surface area is 132 Å². The van der Waals surface area contributed by atoms with Crippen LogP contribution in [0.5, 0.6) is 17.2 Å². The Morgan fingerprint density at radius 2 is 2.14 bits per heavy atom. The first-order chi connectivity index (χ1) is 10.2. The largest absolute Gasteiger partial charge is 0.504 e. The van der Waals surface area contributed by atoms with Crippen molar-refractivity contribution in [3.05, 3.63) is 46.4 Å². The summed E-state index contributed by atoms with van der Waals surface area (Å²) in [6.45, 7) is 2.19. The maximum absolute atomic E-state index is 9.88. The number of nitrogens with zero attached hydrogens (tertiary/aromatic N) is 1. The van der Waals surface area contributed by atoms with Crippen molar-refractivity contribution in [3.8, 4) is 17.2 Å². The van der Waals surface area contributed by atoms with E-state index in [1.165, 1.54) is 0 Å². The van der Waals surface area contributed by atoms with Crippen LogP contribution in [0.1, 0.15) is 5.56 Å². The Hall–Kier alpha value is -1.88. The van der Waals surface area contributed by atoms with Gasteiger partial charge in [-0.15, -0.1) is 0 Å². The van der Waals surface area contributed by atoms with Crippen molar-refractivity contribution in [1.82, 2.24) is 0 Å². The summed E-state index contributed by atoms with van der Waals surface area (Å²) in [6, 6.07) is 11.5. The van der Waals surface area contributed by atoms with Crippen LogP contribution in [0.25, 0.3) is 0 Å². The molecule has 0 amide bonds. The van der Waals surface area contributed by atoms with Gasteiger partial charge in [-0.05, 0) is 35.9 Å². The van der Waals surface area contributed by atoms with Gasteiger partial charge in [-0.3, -0.25) is 0 Å². The molecule has 4 nitrogen and oxygen atoms in total. The predicted molar refractivity (Wildman–Crippen MR) is 85.3 cm³/mol. The molecule has 0 bridgehead atoms. The molecule has 0 saturated carbocycles. The molecule has 1 aliphatic heterocycles. The maximum atomic E-state index is 9.88. The number of anilines is 1. The van der Waals surface area contributed by atoms with Crippen molar-refractivity contribution >= 4 is 21.6 Å². The van der Waals surface area contributed by atoms with Crippen LogP contribution in [-0.2, 0) is 6.54 Å². The molecule has 0 aromatic heterocycles. The van der Waals surface area contributed by atoms with Crippen LogP contribution in [0.15, 0.2) is 40.9 Å². The third-order valence-electron chi connectivity index (χ3n) is 3.50. The molecule has 0 saturated heterocycles. The molecule has 1 heterocycles. The van der Waals surface area contributed by atoms with E-state index in [1.807, 2.05) is 18.2 Å². The maximum Gasteiger partial charge on any atom is 0.160 e. The summed E-state index contributed by atoms with van der Waals surface area (Å²) in [4.78, 5) is 2.24. The Kier molecular flexibility index (Phi) is 3.92. The average Bonchev–Trinajstić information content (AvgIpc) is 2.48. The minimum atomic E-state index is 0.165. The fourth-order valence-corrected chi connectivity index (χ4v) is 2.81. The summed E-state index contributed by atoms with van der Waals surface area (Å²) < 4.78 is 11.8. The Balaban J connectivity index is 1.86. The summed E-state index contributed by atoms with van der Waals surface area (Å²) in [7, 11) is 1.55. The second kappa shape index (κ2) is 5.85. The second-order valence-electron chi connectivity index (χ2n) is 4.89. The quantitative estimate of drug-likeness (QED) is 0.919. The lowest BCUT2D eigenvalue weighted by Crippen LogP contribution is -2.32. The minimum Gasteiger partial charge on any atom is -0.504 e. The Bertz CT molecular complexity index is 660. The highest BCUT2D eigenvalue weighted by atomic mass is 79.9. The smallest absolute Gasteiger partial charge is 0.160 e. The van der Waals surface area contributed by atoms with E-state index in [9.17, 15) is 5.11 Å². The normalized spacial score (nSPS) is 13.5. The van der Waals surface area contributed by atoms with Crippen molar-refractivity contribution < 1.29 is 14.6 Å². The number of fused-ring (bicyclic) bond motifs is 1. The van der Waals surface area contributed by atoms with Crippen LogP contribution in [0.4, 0.5) is 5.69 Å². The number of phenolic OH excluding ortho intramolecular Hbond substituents is 1. The standard InChI is InChI=1S/C16H16BrNO3/c1-20-16-4-2-11(8-14(16)19)10-18-6-7-21-15-5-3-12(17)9-13(15)18/h2-5,8-9,19H,6-7,10H2,1H3. The third-order valence-corrected chi connectivity index (χ3v) is 3.99. The Morgan fingerprint density at radius 1 is 1.29 bits per heavy atom. The highest BCUT2D eigenvalue weighted by molar-refractivity contribution is 9.10. The molecule has 21 heavy (non-hydrogen) atoms. The number of rotatable bonds is 3. The third kappa shape index (κ3) is 2.93. The molecule has 3 rings (SSSR count). The fourth-order valence-electron chi connectivity index (χ4n) is 2.46. The van der Waals surface area contributed by atoms with Crippen molar-refractivity contribution in [3.63, 3.8) is 0 Å². The van der Waals surface area contributed by atoms with Crippen molar-refractivity contribution in [2.45, 2.75) is 6.54 Å². The number of phenols is 1. The zero-order valence-electron chi connectivity index (χ0n) is 11.7. The van der Waals surface area contributed by atoms with Gasteiger partial charge in [0, 0.05) is 11.0 Å². The van der Waals surface area contributed by atoms with Crippen molar-refractivity contribution in [1.29, 1.82) is 0 Å². The van der Waals surface area contributed by atoms with Crippen LogP contribution in [0, 0.1) is 0 Å². The lowest BCUT2D eigenvalue weighted by atomic mass is 10.1. The number of aromatic hydroxyl groups is 1. The first-order valence-corrected chi connectivity index (χ1v) is 7.50. The molecule has 110 valence electrons. The van der Waals surface area contributed by atoms with Crippen molar-refractivity contribution in [2.24, 2.45) is 0 Å². The van der Waals surface area contributed by atoms with Gasteiger partial charge >= 0.3 is 0 Å². The molecule has 0 fully saturated rings. The molecule has 2 aromatic carbocycles. The van der Waals surface area contributed by atoms with E-state index < -0.39 is 0 Å². The van der Waals surface area contributed by atoms with Gasteiger partial charge in [-0.2, -0.15) is 0 Å². The van der Waals surface area contributed by atoms with Gasteiger partial charge < -0.3 is 19.5 Å². The predicted octanol–water partition coefficient (Wildman–Crippen LogP) is 3.56. The molecular weight excluding hydrogens is 334 g/mol. The van der Waals surface area contributed by atoms with Gasteiger partial charge in [0.1, 0.15) is 12.4 Å². The highest BCUT2D eigenvalue weighted by Gasteiger charge is 2.18. The van der Waals surface area contributed by atoms with E-state index in [1.54, 1.807) is 19.2 Å². The molecular formula is C16H16BrNO3. The number of ether oxygens (including phenoxy) is 2. The summed E-state index contributed by atoms with van der Waals surface area (Å²) in [5, 5.41) is 9.88. The number of halogens is 1. The molecule has 5 heteroatoms. The number of hydrogen-bond donors (Lipinski definition) is 1. The fraction of sp³-hybridized carbons (Fsp3) is 0.250. The summed E-state index contributed by atoms with van der Waals surface area (Å²) in [6.07, 6.45) is 0. The monoisotopic (exact) mass is 349 g/mol. The summed E-state index contributed by atoms with van der Waals surface area (Å²) >= 11 is 3.50. The zero-order chi connectivity index (χ0) is 14.8. The lowest BCUT2D eigenvalue weighted by Gasteiger charge is -2.31. The van der Waals surface area contributed by atoms with Crippen LogP contribution >= 0.6 is 15.9 Å². The molecule has 0 atom stereocenters. The zero-order valence-corrected chi connectivity index (χ0v) is 13.3.